The monoisotopic (exact) mass is 252 g/mol. The molecule has 1 aromatic rings. The van der Waals surface area contributed by atoms with E-state index in [0.29, 0.717) is 0 Å². The maximum atomic E-state index is 12.9. The molecule has 0 unspecified atom stereocenters. The highest BCUT2D eigenvalue weighted by molar-refractivity contribution is 5.26. The second-order valence-corrected chi connectivity index (χ2v) is 4.68. The Morgan fingerprint density at radius 3 is 2.61 bits per heavy atom. The molecule has 2 nitrogen and oxygen atoms in total. The predicted molar refractivity (Wildman–Crippen MR) is 75.2 cm³/mol. The third-order valence-electron chi connectivity index (χ3n) is 3.21. The average molecular weight is 252 g/mol. The van der Waals surface area contributed by atoms with Crippen LogP contribution in [0.5, 0.6) is 0 Å². The van der Waals surface area contributed by atoms with Crippen LogP contribution in [-0.4, -0.2) is 31.1 Å². The third-order valence-corrected chi connectivity index (χ3v) is 3.21. The van der Waals surface area contributed by atoms with Crippen LogP contribution in [-0.2, 0) is 6.54 Å². The van der Waals surface area contributed by atoms with Crippen LogP contribution >= 0.6 is 0 Å². The van der Waals surface area contributed by atoms with Crippen molar-refractivity contribution in [2.75, 3.05) is 26.2 Å². The molecule has 0 bridgehead atoms. The molecule has 0 spiro atoms. The van der Waals surface area contributed by atoms with Crippen LogP contribution < -0.4 is 5.32 Å². The van der Waals surface area contributed by atoms with Crippen molar-refractivity contribution < 1.29 is 4.39 Å². The molecule has 0 amide bonds. The predicted octanol–water partition coefficient (Wildman–Crippen LogP) is 2.96. The first-order valence-electron chi connectivity index (χ1n) is 6.85. The van der Waals surface area contributed by atoms with Gasteiger partial charge in [0.15, 0.2) is 0 Å². The molecule has 1 rings (SSSR count). The topological polar surface area (TPSA) is 15.3 Å². The molecule has 0 heterocycles. The zero-order valence-corrected chi connectivity index (χ0v) is 11.8. The molecule has 0 fully saturated rings. The second kappa shape index (κ2) is 8.22. The molecular formula is C15H25FN2. The van der Waals surface area contributed by atoms with Crippen molar-refractivity contribution in [3.63, 3.8) is 0 Å². The number of benzene rings is 1. The number of aryl methyl sites for hydroxylation is 1. The summed E-state index contributed by atoms with van der Waals surface area (Å²) in [6.07, 6.45) is 1.20. The molecule has 0 saturated carbocycles. The summed E-state index contributed by atoms with van der Waals surface area (Å²) in [6.45, 7) is 11.5. The van der Waals surface area contributed by atoms with E-state index < -0.39 is 0 Å². The molecule has 0 radical (unpaired) electrons. The van der Waals surface area contributed by atoms with Crippen molar-refractivity contribution in [3.05, 3.63) is 35.1 Å². The summed E-state index contributed by atoms with van der Waals surface area (Å²) in [5, 5.41) is 3.42. The van der Waals surface area contributed by atoms with Crippen molar-refractivity contribution in [1.82, 2.24) is 10.2 Å². The van der Waals surface area contributed by atoms with E-state index in [1.807, 2.05) is 13.0 Å². The van der Waals surface area contributed by atoms with Crippen LogP contribution in [0, 0.1) is 12.7 Å². The minimum atomic E-state index is -0.156. The lowest BCUT2D eigenvalue weighted by Crippen LogP contribution is -2.32. The van der Waals surface area contributed by atoms with Crippen LogP contribution in [0.25, 0.3) is 0 Å². The summed E-state index contributed by atoms with van der Waals surface area (Å²) in [7, 11) is 0. The molecule has 0 aromatic heterocycles. The Balaban J connectivity index is 2.29. The number of hydrogen-bond donors (Lipinski definition) is 1. The van der Waals surface area contributed by atoms with Crippen LogP contribution in [0.3, 0.4) is 0 Å². The first kappa shape index (κ1) is 15.1. The van der Waals surface area contributed by atoms with Gasteiger partial charge in [0.1, 0.15) is 5.82 Å². The highest BCUT2D eigenvalue weighted by Crippen LogP contribution is 2.09. The van der Waals surface area contributed by atoms with Gasteiger partial charge in [0.2, 0.25) is 0 Å². The molecule has 102 valence electrons. The second-order valence-electron chi connectivity index (χ2n) is 4.68. The molecular weight excluding hydrogens is 227 g/mol. The molecule has 0 aliphatic rings. The zero-order valence-electron chi connectivity index (χ0n) is 11.8. The van der Waals surface area contributed by atoms with E-state index in [-0.39, 0.29) is 5.82 Å². The van der Waals surface area contributed by atoms with Crippen molar-refractivity contribution in [2.45, 2.75) is 33.7 Å². The quantitative estimate of drug-likeness (QED) is 0.716. The molecule has 0 saturated heterocycles. The Bertz CT molecular complexity index is 352. The van der Waals surface area contributed by atoms with Crippen molar-refractivity contribution in [3.8, 4) is 0 Å². The molecule has 18 heavy (non-hydrogen) atoms. The van der Waals surface area contributed by atoms with Crippen LogP contribution in [0.15, 0.2) is 18.2 Å². The van der Waals surface area contributed by atoms with Gasteiger partial charge < -0.3 is 10.2 Å². The van der Waals surface area contributed by atoms with E-state index in [0.717, 1.165) is 38.3 Å². The summed E-state index contributed by atoms with van der Waals surface area (Å²) in [4.78, 5) is 2.44. The van der Waals surface area contributed by atoms with Gasteiger partial charge in [-0.15, -0.1) is 0 Å². The first-order valence-corrected chi connectivity index (χ1v) is 6.85. The van der Waals surface area contributed by atoms with Crippen LogP contribution in [0.4, 0.5) is 4.39 Å². The van der Waals surface area contributed by atoms with Gasteiger partial charge in [0.05, 0.1) is 0 Å². The fraction of sp³-hybridized carbons (Fsp3) is 0.600. The van der Waals surface area contributed by atoms with E-state index in [2.05, 4.69) is 24.1 Å². The highest BCUT2D eigenvalue weighted by Gasteiger charge is 2.02. The minimum Gasteiger partial charge on any atom is -0.311 e. The normalized spacial score (nSPS) is 11.2. The van der Waals surface area contributed by atoms with Gasteiger partial charge in [-0.05, 0) is 49.7 Å². The summed E-state index contributed by atoms with van der Waals surface area (Å²) < 4.78 is 12.9. The number of rotatable bonds is 8. The number of hydrogen-bond acceptors (Lipinski definition) is 2. The van der Waals surface area contributed by atoms with E-state index in [9.17, 15) is 4.39 Å². The maximum Gasteiger partial charge on any atom is 0.123 e. The first-order chi connectivity index (χ1) is 8.67. The Kier molecular flexibility index (Phi) is 6.91. The molecule has 0 aliphatic heterocycles. The molecule has 3 heteroatoms. The lowest BCUT2D eigenvalue weighted by Gasteiger charge is -2.19. The van der Waals surface area contributed by atoms with E-state index in [1.165, 1.54) is 18.1 Å². The highest BCUT2D eigenvalue weighted by atomic mass is 19.1. The molecule has 1 N–H and O–H groups in total. The van der Waals surface area contributed by atoms with E-state index >= 15 is 0 Å². The smallest absolute Gasteiger partial charge is 0.123 e. The van der Waals surface area contributed by atoms with E-state index in [4.69, 9.17) is 0 Å². The number of nitrogens with one attached hydrogen (secondary N) is 1. The van der Waals surface area contributed by atoms with Crippen molar-refractivity contribution >= 4 is 0 Å². The van der Waals surface area contributed by atoms with Gasteiger partial charge in [0.25, 0.3) is 0 Å². The summed E-state index contributed by atoms with van der Waals surface area (Å²) in [5.74, 6) is -0.156. The molecule has 0 aliphatic carbocycles. The SMILES string of the molecule is CCCN(CC)CCNCc1ccc(F)cc1C. The fourth-order valence-electron chi connectivity index (χ4n) is 2.06. The minimum absolute atomic E-state index is 0.156. The Morgan fingerprint density at radius 2 is 2.00 bits per heavy atom. The number of halogens is 1. The average Bonchev–Trinajstić information content (AvgIpc) is 2.35. The van der Waals surface area contributed by atoms with Gasteiger partial charge in [0, 0.05) is 19.6 Å². The van der Waals surface area contributed by atoms with Gasteiger partial charge in [-0.2, -0.15) is 0 Å². The Hall–Kier alpha value is -0.930. The third kappa shape index (κ3) is 5.15. The fourth-order valence-corrected chi connectivity index (χ4v) is 2.06. The standard InChI is InChI=1S/C15H25FN2/c1-4-9-18(5-2)10-8-17-12-14-6-7-15(16)11-13(14)3/h6-7,11,17H,4-5,8-10,12H2,1-3H3. The van der Waals surface area contributed by atoms with Gasteiger partial charge in [-0.1, -0.05) is 19.9 Å². The Labute approximate surface area is 110 Å². The maximum absolute atomic E-state index is 12.9. The zero-order chi connectivity index (χ0) is 13.4. The summed E-state index contributed by atoms with van der Waals surface area (Å²) >= 11 is 0. The molecule has 1 aromatic carbocycles. The van der Waals surface area contributed by atoms with Gasteiger partial charge in [-0.25, -0.2) is 4.39 Å². The molecule has 0 atom stereocenters. The van der Waals surface area contributed by atoms with Crippen LogP contribution in [0.2, 0.25) is 0 Å². The lowest BCUT2D eigenvalue weighted by atomic mass is 10.1. The largest absolute Gasteiger partial charge is 0.311 e. The summed E-state index contributed by atoms with van der Waals surface area (Å²) in [5.41, 5.74) is 2.19. The van der Waals surface area contributed by atoms with Gasteiger partial charge in [-0.3, -0.25) is 0 Å². The van der Waals surface area contributed by atoms with Crippen molar-refractivity contribution in [2.24, 2.45) is 0 Å². The number of nitrogens with zero attached hydrogens (tertiary/aromatic N) is 1. The summed E-state index contributed by atoms with van der Waals surface area (Å²) in [6, 6.07) is 4.98. The Morgan fingerprint density at radius 1 is 1.22 bits per heavy atom. The van der Waals surface area contributed by atoms with Gasteiger partial charge >= 0.3 is 0 Å². The van der Waals surface area contributed by atoms with Crippen molar-refractivity contribution in [1.29, 1.82) is 0 Å². The van der Waals surface area contributed by atoms with Crippen LogP contribution in [0.1, 0.15) is 31.4 Å². The number of likely N-dealkylation sites (N-methyl/N-ethyl adjacent to an activating group) is 1. The lowest BCUT2D eigenvalue weighted by molar-refractivity contribution is 0.287. The van der Waals surface area contributed by atoms with E-state index in [1.54, 1.807) is 6.07 Å².